The van der Waals surface area contributed by atoms with Crippen molar-refractivity contribution in [2.45, 2.75) is 39.7 Å². The van der Waals surface area contributed by atoms with E-state index in [1.165, 1.54) is 0 Å². The normalized spacial score (nSPS) is 11.2. The van der Waals surface area contributed by atoms with E-state index < -0.39 is 13.0 Å². The zero-order chi connectivity index (χ0) is 20.8. The molecule has 0 aromatic carbocycles. The first-order valence-electron chi connectivity index (χ1n) is 9.40. The highest BCUT2D eigenvalue weighted by Crippen LogP contribution is 2.19. The number of nitrogens with zero attached hydrogens (tertiary/aromatic N) is 4. The van der Waals surface area contributed by atoms with Gasteiger partial charge in [-0.3, -0.25) is 14.5 Å². The number of nitrogens with one attached hydrogen (secondary N) is 1. The summed E-state index contributed by atoms with van der Waals surface area (Å²) in [6, 6.07) is 3.63. The maximum absolute atomic E-state index is 12.3. The quantitative estimate of drug-likeness (QED) is 0.594. The van der Waals surface area contributed by atoms with Crippen molar-refractivity contribution >= 4 is 16.8 Å². The molecule has 29 heavy (non-hydrogen) atoms. The highest BCUT2D eigenvalue weighted by molar-refractivity contribution is 5.86. The van der Waals surface area contributed by atoms with Crippen molar-refractivity contribution in [3.05, 3.63) is 47.5 Å². The van der Waals surface area contributed by atoms with E-state index in [-0.39, 0.29) is 18.2 Å². The molecule has 3 aromatic rings. The number of amides is 1. The zero-order valence-electron chi connectivity index (χ0n) is 16.4. The van der Waals surface area contributed by atoms with E-state index in [2.05, 4.69) is 20.4 Å². The maximum atomic E-state index is 12.3. The van der Waals surface area contributed by atoms with E-state index in [1.807, 2.05) is 19.2 Å². The van der Waals surface area contributed by atoms with Crippen molar-refractivity contribution in [1.29, 1.82) is 0 Å². The number of fused-ring (bicyclic) bond motifs is 1. The lowest BCUT2D eigenvalue weighted by atomic mass is 10.2. The molecule has 7 nitrogen and oxygen atoms in total. The second-order valence-electron chi connectivity index (χ2n) is 6.71. The number of pyridine rings is 2. The van der Waals surface area contributed by atoms with Gasteiger partial charge in [-0.25, -0.2) is 13.8 Å². The first-order chi connectivity index (χ1) is 14.0. The summed E-state index contributed by atoms with van der Waals surface area (Å²) < 4.78 is 31.3. The number of hydrogen-bond acceptors (Lipinski definition) is 5. The van der Waals surface area contributed by atoms with Gasteiger partial charge >= 0.3 is 0 Å². The molecule has 0 spiro atoms. The molecule has 0 saturated heterocycles. The molecule has 3 heterocycles. The molecule has 0 saturated carbocycles. The number of carbonyl (C=O) groups excluding carboxylic acids is 1. The van der Waals surface area contributed by atoms with Crippen LogP contribution in [0.5, 0.6) is 5.88 Å². The van der Waals surface area contributed by atoms with Gasteiger partial charge in [-0.15, -0.1) is 0 Å². The van der Waals surface area contributed by atoms with Crippen LogP contribution in [-0.4, -0.2) is 45.2 Å². The van der Waals surface area contributed by atoms with Gasteiger partial charge in [0.25, 0.3) is 6.43 Å². The summed E-state index contributed by atoms with van der Waals surface area (Å²) in [6.07, 6.45) is 3.60. The number of aromatic nitrogens is 4. The van der Waals surface area contributed by atoms with Crippen molar-refractivity contribution in [3.8, 4) is 5.88 Å². The van der Waals surface area contributed by atoms with Gasteiger partial charge in [-0.05, 0) is 31.0 Å². The van der Waals surface area contributed by atoms with Crippen molar-refractivity contribution < 1.29 is 18.3 Å². The number of carbonyl (C=O) groups is 1. The lowest BCUT2D eigenvalue weighted by Crippen LogP contribution is -2.26. The number of halogens is 2. The third kappa shape index (κ3) is 5.46. The van der Waals surface area contributed by atoms with Crippen molar-refractivity contribution in [1.82, 2.24) is 25.1 Å². The van der Waals surface area contributed by atoms with E-state index in [4.69, 9.17) is 4.74 Å². The van der Waals surface area contributed by atoms with Gasteiger partial charge in [0.15, 0.2) is 6.61 Å². The molecular weight excluding hydrogens is 380 g/mol. The van der Waals surface area contributed by atoms with Crippen LogP contribution in [0.25, 0.3) is 10.9 Å². The molecule has 0 aliphatic carbocycles. The summed E-state index contributed by atoms with van der Waals surface area (Å²) in [5.74, 6) is 0.128. The third-order valence-electron chi connectivity index (χ3n) is 4.24. The topological polar surface area (TPSA) is 81.9 Å². The van der Waals surface area contributed by atoms with Gasteiger partial charge in [-0.2, -0.15) is 5.10 Å². The molecule has 3 aromatic heterocycles. The maximum Gasteiger partial charge on any atom is 0.272 e. The summed E-state index contributed by atoms with van der Waals surface area (Å²) >= 11 is 0. The molecule has 3 rings (SSSR count). The first-order valence-corrected chi connectivity index (χ1v) is 9.40. The van der Waals surface area contributed by atoms with Crippen molar-refractivity contribution in [2.24, 2.45) is 0 Å². The largest absolute Gasteiger partial charge is 0.471 e. The van der Waals surface area contributed by atoms with E-state index in [9.17, 15) is 13.6 Å². The number of rotatable bonds is 9. The lowest BCUT2D eigenvalue weighted by molar-refractivity contribution is -0.120. The van der Waals surface area contributed by atoms with E-state index >= 15 is 0 Å². The third-order valence-corrected chi connectivity index (χ3v) is 4.24. The molecule has 0 unspecified atom stereocenters. The Kier molecular flexibility index (Phi) is 6.69. The van der Waals surface area contributed by atoms with Crippen LogP contribution in [0.4, 0.5) is 8.78 Å². The SMILES string of the molecule is CCCNC(=O)Cc1nccc2nn(Cc3cnc(OCC(F)F)c(C)c3)cc12. The minimum absolute atomic E-state index is 0.0705. The van der Waals surface area contributed by atoms with Crippen LogP contribution in [0.2, 0.25) is 0 Å². The Morgan fingerprint density at radius 1 is 1.34 bits per heavy atom. The molecular formula is C20H23F2N5O2. The van der Waals surface area contributed by atoms with Gasteiger partial charge in [-0.1, -0.05) is 6.92 Å². The fourth-order valence-electron chi connectivity index (χ4n) is 2.94. The number of aryl methyl sites for hydroxylation is 1. The molecule has 0 aliphatic rings. The summed E-state index contributed by atoms with van der Waals surface area (Å²) in [6.45, 7) is 4.15. The minimum atomic E-state index is -2.54. The van der Waals surface area contributed by atoms with Crippen LogP contribution >= 0.6 is 0 Å². The van der Waals surface area contributed by atoms with Crippen LogP contribution < -0.4 is 10.1 Å². The van der Waals surface area contributed by atoms with Gasteiger partial charge in [0, 0.05) is 36.1 Å². The van der Waals surface area contributed by atoms with Crippen LogP contribution in [-0.2, 0) is 17.8 Å². The number of hydrogen-bond donors (Lipinski definition) is 1. The minimum Gasteiger partial charge on any atom is -0.471 e. The predicted octanol–water partition coefficient (Wildman–Crippen LogP) is 2.90. The Morgan fingerprint density at radius 2 is 2.17 bits per heavy atom. The molecule has 0 radical (unpaired) electrons. The summed E-state index contributed by atoms with van der Waals surface area (Å²) in [5.41, 5.74) is 2.96. The number of ether oxygens (including phenoxy) is 1. The molecule has 9 heteroatoms. The second-order valence-corrected chi connectivity index (χ2v) is 6.71. The molecule has 0 atom stereocenters. The average Bonchev–Trinajstić information content (AvgIpc) is 3.09. The Hall–Kier alpha value is -3.10. The predicted molar refractivity (Wildman–Crippen MR) is 104 cm³/mol. The lowest BCUT2D eigenvalue weighted by Gasteiger charge is -2.09. The fourth-order valence-corrected chi connectivity index (χ4v) is 2.94. The van der Waals surface area contributed by atoms with Gasteiger partial charge in [0.1, 0.15) is 0 Å². The standard InChI is InChI=1S/C20H23F2N5O2/c1-3-5-24-19(28)8-17-15-11-27(26-16(15)4-6-23-17)10-14-7-13(2)20(25-9-14)29-12-18(21)22/h4,6-7,9,11,18H,3,5,8,10,12H2,1-2H3,(H,24,28). The van der Waals surface area contributed by atoms with Gasteiger partial charge < -0.3 is 10.1 Å². The monoisotopic (exact) mass is 403 g/mol. The van der Waals surface area contributed by atoms with Crippen LogP contribution in [0.3, 0.4) is 0 Å². The highest BCUT2D eigenvalue weighted by Gasteiger charge is 2.12. The van der Waals surface area contributed by atoms with Gasteiger partial charge in [0.05, 0.1) is 24.2 Å². The second kappa shape index (κ2) is 9.40. The van der Waals surface area contributed by atoms with Crippen molar-refractivity contribution in [2.75, 3.05) is 13.2 Å². The van der Waals surface area contributed by atoms with Crippen LogP contribution in [0, 0.1) is 6.92 Å². The molecule has 154 valence electrons. The first kappa shape index (κ1) is 20.6. The Bertz CT molecular complexity index is 990. The Labute approximate surface area is 167 Å². The Morgan fingerprint density at radius 3 is 2.90 bits per heavy atom. The molecule has 0 bridgehead atoms. The number of alkyl halides is 2. The van der Waals surface area contributed by atoms with Gasteiger partial charge in [0.2, 0.25) is 11.8 Å². The summed E-state index contributed by atoms with van der Waals surface area (Å²) in [4.78, 5) is 20.5. The average molecular weight is 403 g/mol. The highest BCUT2D eigenvalue weighted by atomic mass is 19.3. The Balaban J connectivity index is 1.75. The van der Waals surface area contributed by atoms with E-state index in [1.54, 1.807) is 30.1 Å². The zero-order valence-corrected chi connectivity index (χ0v) is 16.4. The fraction of sp³-hybridized carbons (Fsp3) is 0.400. The molecule has 0 fully saturated rings. The smallest absolute Gasteiger partial charge is 0.272 e. The summed E-state index contributed by atoms with van der Waals surface area (Å²) in [7, 11) is 0. The van der Waals surface area contributed by atoms with Crippen LogP contribution in [0.15, 0.2) is 30.7 Å². The summed E-state index contributed by atoms with van der Waals surface area (Å²) in [5, 5.41) is 8.20. The van der Waals surface area contributed by atoms with E-state index in [0.29, 0.717) is 24.3 Å². The van der Waals surface area contributed by atoms with E-state index in [0.717, 1.165) is 22.9 Å². The van der Waals surface area contributed by atoms with Crippen molar-refractivity contribution in [3.63, 3.8) is 0 Å². The molecule has 1 N–H and O–H groups in total. The van der Waals surface area contributed by atoms with Crippen LogP contribution in [0.1, 0.15) is 30.2 Å². The molecule has 0 aliphatic heterocycles. The molecule has 1 amide bonds.